The van der Waals surface area contributed by atoms with Crippen LogP contribution in [-0.4, -0.2) is 77.2 Å². The Balaban J connectivity index is 1.90. The number of aryl methyl sites for hydroxylation is 1. The van der Waals surface area contributed by atoms with Crippen LogP contribution in [0.5, 0.6) is 0 Å². The molecule has 1 aliphatic heterocycles. The molecule has 258 valence electrons. The Kier molecular flexibility index (Phi) is 10.3. The first-order chi connectivity index (χ1) is 22.3. The van der Waals surface area contributed by atoms with E-state index in [9.17, 15) is 27.6 Å². The standard InChI is InChI=1S/C32H36F5N7O4/c1-17(2)44(48-28(46)32(35,36)37)27(45)19-12-11-18(3)20(13-19)24-21-14-38-30(47)43(25-22(33)9-8-10-23(25)34)26(21)41-29(40-24)39-15-31(4,5)16-42(6)7/h8-13,17H,14-16H2,1-7H3,(H,38,47)(H,39,40,41). The number of hydroxylamine groups is 2. The average molecular weight is 678 g/mol. The Labute approximate surface area is 274 Å². The van der Waals surface area contributed by atoms with E-state index in [4.69, 9.17) is 4.98 Å². The van der Waals surface area contributed by atoms with Crippen LogP contribution in [0.4, 0.5) is 44.2 Å². The van der Waals surface area contributed by atoms with Gasteiger partial charge in [-0.1, -0.05) is 26.0 Å². The lowest BCUT2D eigenvalue weighted by Gasteiger charge is -2.32. The molecule has 0 aliphatic carbocycles. The summed E-state index contributed by atoms with van der Waals surface area (Å²) in [7, 11) is 3.83. The Morgan fingerprint density at radius 2 is 1.73 bits per heavy atom. The molecule has 4 rings (SSSR count). The molecule has 0 saturated heterocycles. The molecule has 2 aromatic carbocycles. The minimum Gasteiger partial charge on any atom is -0.354 e. The summed E-state index contributed by atoms with van der Waals surface area (Å²) in [6.07, 6.45) is -5.34. The van der Waals surface area contributed by atoms with Crippen molar-refractivity contribution >= 4 is 35.4 Å². The number of nitrogens with one attached hydrogen (secondary N) is 2. The van der Waals surface area contributed by atoms with E-state index in [1.165, 1.54) is 32.0 Å². The van der Waals surface area contributed by atoms with E-state index in [0.717, 1.165) is 23.1 Å². The molecule has 0 radical (unpaired) electrons. The predicted molar refractivity (Wildman–Crippen MR) is 167 cm³/mol. The Hall–Kier alpha value is -4.86. The van der Waals surface area contributed by atoms with Crippen molar-refractivity contribution in [3.05, 3.63) is 64.7 Å². The van der Waals surface area contributed by atoms with Gasteiger partial charge in [-0.3, -0.25) is 4.79 Å². The van der Waals surface area contributed by atoms with E-state index in [0.29, 0.717) is 29.3 Å². The van der Waals surface area contributed by atoms with Gasteiger partial charge in [0.05, 0.1) is 18.3 Å². The molecule has 3 aromatic rings. The number of benzene rings is 2. The van der Waals surface area contributed by atoms with Crippen molar-refractivity contribution in [1.29, 1.82) is 0 Å². The fraction of sp³-hybridized carbons (Fsp3) is 0.406. The van der Waals surface area contributed by atoms with Gasteiger partial charge in [-0.2, -0.15) is 23.2 Å². The van der Waals surface area contributed by atoms with Gasteiger partial charge >= 0.3 is 18.2 Å². The van der Waals surface area contributed by atoms with Gasteiger partial charge in [0.25, 0.3) is 5.91 Å². The lowest BCUT2D eigenvalue weighted by molar-refractivity contribution is -0.232. The Morgan fingerprint density at radius 3 is 2.31 bits per heavy atom. The smallest absolute Gasteiger partial charge is 0.354 e. The Bertz CT molecular complexity index is 1710. The fourth-order valence-corrected chi connectivity index (χ4v) is 5.26. The molecule has 11 nitrogen and oxygen atoms in total. The number of aromatic nitrogens is 2. The summed E-state index contributed by atoms with van der Waals surface area (Å²) < 4.78 is 69.1. The van der Waals surface area contributed by atoms with Gasteiger partial charge < -0.3 is 20.4 Å². The normalized spacial score (nSPS) is 13.4. The maximum Gasteiger partial charge on any atom is 0.493 e. The minimum atomic E-state index is -5.34. The molecule has 16 heteroatoms. The third-order valence-corrected chi connectivity index (χ3v) is 7.27. The van der Waals surface area contributed by atoms with Gasteiger partial charge in [0.15, 0.2) is 5.82 Å². The van der Waals surface area contributed by atoms with E-state index < -0.39 is 47.4 Å². The molecule has 1 aromatic heterocycles. The molecule has 2 N–H and O–H groups in total. The summed E-state index contributed by atoms with van der Waals surface area (Å²) in [6, 6.07) is 5.53. The van der Waals surface area contributed by atoms with E-state index in [1.807, 2.05) is 32.8 Å². The predicted octanol–water partition coefficient (Wildman–Crippen LogP) is 5.96. The largest absolute Gasteiger partial charge is 0.493 e. The summed E-state index contributed by atoms with van der Waals surface area (Å²) in [6.45, 7) is 9.26. The number of para-hydroxylation sites is 1. The number of hydrogen-bond donors (Lipinski definition) is 2. The third kappa shape index (κ3) is 7.81. The monoisotopic (exact) mass is 677 g/mol. The first kappa shape index (κ1) is 36.0. The second-order valence-electron chi connectivity index (χ2n) is 12.6. The van der Waals surface area contributed by atoms with Crippen molar-refractivity contribution in [3.63, 3.8) is 0 Å². The van der Waals surface area contributed by atoms with Gasteiger partial charge in [-0.25, -0.2) is 28.3 Å². The number of fused-ring (bicyclic) bond motifs is 1. The maximum atomic E-state index is 15.1. The molecule has 0 unspecified atom stereocenters. The second kappa shape index (κ2) is 13.7. The minimum absolute atomic E-state index is 0.00562. The lowest BCUT2D eigenvalue weighted by Crippen LogP contribution is -2.43. The number of carbonyl (C=O) groups excluding carboxylic acids is 3. The molecule has 0 bridgehead atoms. The zero-order valence-electron chi connectivity index (χ0n) is 27.4. The highest BCUT2D eigenvalue weighted by molar-refractivity contribution is 6.02. The van der Waals surface area contributed by atoms with E-state index in [-0.39, 0.29) is 40.5 Å². The zero-order valence-corrected chi connectivity index (χ0v) is 27.4. The van der Waals surface area contributed by atoms with Crippen LogP contribution in [0, 0.1) is 24.0 Å². The topological polar surface area (TPSA) is 120 Å². The summed E-state index contributed by atoms with van der Waals surface area (Å²) >= 11 is 0. The second-order valence-corrected chi connectivity index (χ2v) is 12.6. The average Bonchev–Trinajstić information content (AvgIpc) is 2.98. The van der Waals surface area contributed by atoms with Crippen LogP contribution >= 0.6 is 0 Å². The number of halogens is 5. The van der Waals surface area contributed by atoms with Crippen LogP contribution in [0.2, 0.25) is 0 Å². The summed E-state index contributed by atoms with van der Waals surface area (Å²) in [5.41, 5.74) is 0.136. The van der Waals surface area contributed by atoms with Crippen molar-refractivity contribution in [1.82, 2.24) is 25.2 Å². The molecule has 2 heterocycles. The van der Waals surface area contributed by atoms with Crippen molar-refractivity contribution in [2.45, 2.75) is 53.4 Å². The van der Waals surface area contributed by atoms with Gasteiger partial charge in [0, 0.05) is 29.8 Å². The highest BCUT2D eigenvalue weighted by Crippen LogP contribution is 2.39. The van der Waals surface area contributed by atoms with Crippen LogP contribution in [0.15, 0.2) is 36.4 Å². The van der Waals surface area contributed by atoms with Crippen molar-refractivity contribution < 1.29 is 41.2 Å². The summed E-state index contributed by atoms with van der Waals surface area (Å²) in [5.74, 6) is -5.77. The quantitative estimate of drug-likeness (QED) is 0.210. The molecule has 48 heavy (non-hydrogen) atoms. The van der Waals surface area contributed by atoms with Crippen molar-refractivity contribution in [2.24, 2.45) is 5.41 Å². The summed E-state index contributed by atoms with van der Waals surface area (Å²) in [4.78, 5) is 54.6. The zero-order chi connectivity index (χ0) is 35.7. The molecular weight excluding hydrogens is 641 g/mol. The number of urea groups is 1. The summed E-state index contributed by atoms with van der Waals surface area (Å²) in [5, 5.41) is 6.06. The maximum absolute atomic E-state index is 15.1. The highest BCUT2D eigenvalue weighted by Gasteiger charge is 2.44. The van der Waals surface area contributed by atoms with Gasteiger partial charge in [-0.15, -0.1) is 0 Å². The number of rotatable bonds is 9. The first-order valence-corrected chi connectivity index (χ1v) is 14.9. The first-order valence-electron chi connectivity index (χ1n) is 14.9. The van der Waals surface area contributed by atoms with Gasteiger partial charge in [-0.05, 0) is 70.1 Å². The molecule has 0 spiro atoms. The number of hydrogen-bond acceptors (Lipinski definition) is 8. The van der Waals surface area contributed by atoms with Crippen LogP contribution in [0.25, 0.3) is 11.3 Å². The van der Waals surface area contributed by atoms with Crippen LogP contribution in [0.1, 0.15) is 49.2 Å². The van der Waals surface area contributed by atoms with Crippen LogP contribution in [-0.2, 0) is 16.2 Å². The third-order valence-electron chi connectivity index (χ3n) is 7.27. The molecule has 0 atom stereocenters. The van der Waals surface area contributed by atoms with E-state index >= 15 is 8.78 Å². The van der Waals surface area contributed by atoms with Gasteiger partial charge in [0.1, 0.15) is 17.3 Å². The molecule has 3 amide bonds. The Morgan fingerprint density at radius 1 is 1.08 bits per heavy atom. The molecule has 1 aliphatic rings. The van der Waals surface area contributed by atoms with Crippen LogP contribution in [0.3, 0.4) is 0 Å². The van der Waals surface area contributed by atoms with Crippen molar-refractivity contribution in [3.8, 4) is 11.3 Å². The number of nitrogens with zero attached hydrogens (tertiary/aromatic N) is 5. The number of carbonyl (C=O) groups is 3. The van der Waals surface area contributed by atoms with Crippen LogP contribution < -0.4 is 15.5 Å². The molecule has 0 fully saturated rings. The number of anilines is 3. The van der Waals surface area contributed by atoms with Gasteiger partial charge in [0.2, 0.25) is 5.95 Å². The van der Waals surface area contributed by atoms with E-state index in [1.54, 1.807) is 6.92 Å². The number of alkyl halides is 3. The fourth-order valence-electron chi connectivity index (χ4n) is 5.26. The molecule has 0 saturated carbocycles. The number of amides is 3. The SMILES string of the molecule is Cc1ccc(C(=O)N(OC(=O)C(F)(F)F)C(C)C)cc1-c1nc(NCC(C)(C)CN(C)C)nc2c1CNC(=O)N2c1c(F)cccc1F. The highest BCUT2D eigenvalue weighted by atomic mass is 19.4. The van der Waals surface area contributed by atoms with E-state index in [2.05, 4.69) is 20.5 Å². The lowest BCUT2D eigenvalue weighted by atomic mass is 9.93. The molecular formula is C32H36F5N7O4. The van der Waals surface area contributed by atoms with Crippen molar-refractivity contribution in [2.75, 3.05) is 37.4 Å².